The SMILES string of the molecule is CC(C)c1ccc2ncc(CC(C)c3cnc4nccnc4c3)nc2n1. The zero-order valence-corrected chi connectivity index (χ0v) is 15.1. The first-order valence-corrected chi connectivity index (χ1v) is 8.79. The predicted octanol–water partition coefficient (Wildman–Crippen LogP) is 3.83. The van der Waals surface area contributed by atoms with Gasteiger partial charge in [-0.2, -0.15) is 0 Å². The maximum Gasteiger partial charge on any atom is 0.178 e. The maximum atomic E-state index is 4.72. The van der Waals surface area contributed by atoms with Crippen LogP contribution in [0.25, 0.3) is 22.3 Å². The van der Waals surface area contributed by atoms with E-state index in [0.717, 1.165) is 34.4 Å². The standard InChI is InChI=1S/C20H20N6/c1-12(2)16-4-5-17-20(26-16)25-15(11-23-17)8-13(3)14-9-18-19(24-10-14)22-7-6-21-18/h4-7,9-13H,8H2,1-3H3. The van der Waals surface area contributed by atoms with E-state index in [1.165, 1.54) is 0 Å². The molecular weight excluding hydrogens is 324 g/mol. The third-order valence-corrected chi connectivity index (χ3v) is 4.50. The summed E-state index contributed by atoms with van der Waals surface area (Å²) in [5.74, 6) is 0.613. The Balaban J connectivity index is 1.62. The second-order valence-corrected chi connectivity index (χ2v) is 6.87. The lowest BCUT2D eigenvalue weighted by Crippen LogP contribution is -2.04. The number of pyridine rings is 2. The van der Waals surface area contributed by atoms with Crippen LogP contribution in [-0.2, 0) is 6.42 Å². The van der Waals surface area contributed by atoms with Gasteiger partial charge in [0.15, 0.2) is 11.3 Å². The lowest BCUT2D eigenvalue weighted by molar-refractivity contribution is 0.736. The van der Waals surface area contributed by atoms with Gasteiger partial charge < -0.3 is 0 Å². The maximum absolute atomic E-state index is 4.72. The van der Waals surface area contributed by atoms with Gasteiger partial charge in [0, 0.05) is 30.5 Å². The highest BCUT2D eigenvalue weighted by Crippen LogP contribution is 2.22. The second-order valence-electron chi connectivity index (χ2n) is 6.87. The molecule has 4 rings (SSSR count). The van der Waals surface area contributed by atoms with E-state index in [4.69, 9.17) is 4.98 Å². The average Bonchev–Trinajstić information content (AvgIpc) is 2.67. The van der Waals surface area contributed by atoms with Gasteiger partial charge >= 0.3 is 0 Å². The summed E-state index contributed by atoms with van der Waals surface area (Å²) in [4.78, 5) is 26.8. The van der Waals surface area contributed by atoms with Crippen molar-refractivity contribution < 1.29 is 0 Å². The molecule has 4 heterocycles. The lowest BCUT2D eigenvalue weighted by atomic mass is 9.97. The topological polar surface area (TPSA) is 77.3 Å². The first kappa shape index (κ1) is 16.4. The van der Waals surface area contributed by atoms with Crippen molar-refractivity contribution in [3.63, 3.8) is 0 Å². The molecule has 0 spiro atoms. The summed E-state index contributed by atoms with van der Waals surface area (Å²) in [7, 11) is 0. The molecule has 1 unspecified atom stereocenters. The zero-order chi connectivity index (χ0) is 18.1. The zero-order valence-electron chi connectivity index (χ0n) is 15.1. The van der Waals surface area contributed by atoms with Crippen LogP contribution in [0.5, 0.6) is 0 Å². The van der Waals surface area contributed by atoms with Crippen LogP contribution in [0, 0.1) is 0 Å². The molecule has 0 saturated heterocycles. The van der Waals surface area contributed by atoms with E-state index in [1.807, 2.05) is 30.6 Å². The van der Waals surface area contributed by atoms with Crippen LogP contribution in [0.4, 0.5) is 0 Å². The van der Waals surface area contributed by atoms with E-state index in [1.54, 1.807) is 12.4 Å². The molecule has 0 radical (unpaired) electrons. The molecule has 0 aromatic carbocycles. The fourth-order valence-corrected chi connectivity index (χ4v) is 2.94. The van der Waals surface area contributed by atoms with Crippen molar-refractivity contribution in [3.8, 4) is 0 Å². The highest BCUT2D eigenvalue weighted by Gasteiger charge is 2.12. The first-order chi connectivity index (χ1) is 12.6. The third kappa shape index (κ3) is 3.22. The molecule has 0 amide bonds. The molecule has 0 fully saturated rings. The Morgan fingerprint density at radius 1 is 0.808 bits per heavy atom. The molecule has 0 aliphatic heterocycles. The van der Waals surface area contributed by atoms with Crippen molar-refractivity contribution in [2.75, 3.05) is 0 Å². The van der Waals surface area contributed by atoms with Crippen LogP contribution in [0.3, 0.4) is 0 Å². The minimum Gasteiger partial charge on any atom is -0.251 e. The van der Waals surface area contributed by atoms with Gasteiger partial charge in [-0.25, -0.2) is 19.9 Å². The molecule has 130 valence electrons. The van der Waals surface area contributed by atoms with Crippen LogP contribution in [0.15, 0.2) is 43.0 Å². The number of rotatable bonds is 4. The van der Waals surface area contributed by atoms with Crippen molar-refractivity contribution in [2.45, 2.75) is 39.0 Å². The molecule has 1 atom stereocenters. The van der Waals surface area contributed by atoms with E-state index < -0.39 is 0 Å². The summed E-state index contributed by atoms with van der Waals surface area (Å²) in [6, 6.07) is 6.05. The number of aromatic nitrogens is 6. The van der Waals surface area contributed by atoms with Gasteiger partial charge in [-0.1, -0.05) is 20.8 Å². The molecular formula is C20H20N6. The van der Waals surface area contributed by atoms with E-state index >= 15 is 0 Å². The molecule has 6 heteroatoms. The third-order valence-electron chi connectivity index (χ3n) is 4.50. The Bertz CT molecular complexity index is 1080. The lowest BCUT2D eigenvalue weighted by Gasteiger charge is -2.12. The molecule has 0 N–H and O–H groups in total. The predicted molar refractivity (Wildman–Crippen MR) is 101 cm³/mol. The van der Waals surface area contributed by atoms with Crippen LogP contribution in [-0.4, -0.2) is 29.9 Å². The Hall–Kier alpha value is -3.02. The fraction of sp³-hybridized carbons (Fsp3) is 0.300. The monoisotopic (exact) mass is 344 g/mol. The van der Waals surface area contributed by atoms with Gasteiger partial charge in [-0.15, -0.1) is 0 Å². The van der Waals surface area contributed by atoms with E-state index in [9.17, 15) is 0 Å². The molecule has 0 aliphatic rings. The largest absolute Gasteiger partial charge is 0.251 e. The Kier molecular flexibility index (Phi) is 4.24. The van der Waals surface area contributed by atoms with Gasteiger partial charge in [-0.05, 0) is 42.0 Å². The minimum atomic E-state index is 0.244. The van der Waals surface area contributed by atoms with Gasteiger partial charge in [0.25, 0.3) is 0 Å². The van der Waals surface area contributed by atoms with Crippen LogP contribution in [0.1, 0.15) is 49.6 Å². The Labute approximate surface area is 151 Å². The summed E-state index contributed by atoms with van der Waals surface area (Å²) < 4.78 is 0. The van der Waals surface area contributed by atoms with Crippen LogP contribution in [0.2, 0.25) is 0 Å². The Morgan fingerprint density at radius 2 is 1.65 bits per heavy atom. The molecule has 26 heavy (non-hydrogen) atoms. The first-order valence-electron chi connectivity index (χ1n) is 8.79. The number of hydrogen-bond donors (Lipinski definition) is 0. The van der Waals surface area contributed by atoms with Gasteiger partial charge in [0.1, 0.15) is 11.0 Å². The van der Waals surface area contributed by atoms with Gasteiger partial charge in [0.2, 0.25) is 0 Å². The summed E-state index contributed by atoms with van der Waals surface area (Å²) in [5.41, 5.74) is 6.09. The van der Waals surface area contributed by atoms with E-state index in [2.05, 4.69) is 45.7 Å². The smallest absolute Gasteiger partial charge is 0.178 e. The molecule has 0 bridgehead atoms. The van der Waals surface area contributed by atoms with Crippen molar-refractivity contribution in [2.24, 2.45) is 0 Å². The molecule has 4 aromatic rings. The quantitative estimate of drug-likeness (QED) is 0.560. The highest BCUT2D eigenvalue weighted by molar-refractivity contribution is 5.70. The van der Waals surface area contributed by atoms with Gasteiger partial charge in [0.05, 0.1) is 5.69 Å². The molecule has 0 aliphatic carbocycles. The number of nitrogens with zero attached hydrogens (tertiary/aromatic N) is 6. The molecule has 6 nitrogen and oxygen atoms in total. The fourth-order valence-electron chi connectivity index (χ4n) is 2.94. The molecule has 0 saturated carbocycles. The average molecular weight is 344 g/mol. The van der Waals surface area contributed by atoms with Crippen molar-refractivity contribution in [3.05, 3.63) is 59.9 Å². The minimum absolute atomic E-state index is 0.244. The van der Waals surface area contributed by atoms with Crippen molar-refractivity contribution >= 4 is 22.3 Å². The summed E-state index contributed by atoms with van der Waals surface area (Å²) in [5, 5.41) is 0. The van der Waals surface area contributed by atoms with E-state index in [-0.39, 0.29) is 5.92 Å². The van der Waals surface area contributed by atoms with Gasteiger partial charge in [-0.3, -0.25) is 9.97 Å². The summed E-state index contributed by atoms with van der Waals surface area (Å²) >= 11 is 0. The Morgan fingerprint density at radius 3 is 2.50 bits per heavy atom. The van der Waals surface area contributed by atoms with E-state index in [0.29, 0.717) is 17.2 Å². The van der Waals surface area contributed by atoms with Crippen LogP contribution < -0.4 is 0 Å². The number of fused-ring (bicyclic) bond motifs is 2. The van der Waals surface area contributed by atoms with Crippen molar-refractivity contribution in [1.29, 1.82) is 0 Å². The summed E-state index contributed by atoms with van der Waals surface area (Å²) in [6.45, 7) is 6.41. The second kappa shape index (κ2) is 6.71. The summed E-state index contributed by atoms with van der Waals surface area (Å²) in [6.07, 6.45) is 7.81. The van der Waals surface area contributed by atoms with Crippen molar-refractivity contribution in [1.82, 2.24) is 29.9 Å². The number of hydrogen-bond acceptors (Lipinski definition) is 6. The van der Waals surface area contributed by atoms with Crippen LogP contribution >= 0.6 is 0 Å². The molecule has 4 aromatic heterocycles. The normalized spacial score (nSPS) is 12.8. The highest BCUT2D eigenvalue weighted by atomic mass is 14.9.